The van der Waals surface area contributed by atoms with E-state index in [9.17, 15) is 14.9 Å². The molecule has 0 radical (unpaired) electrons. The zero-order chi connectivity index (χ0) is 22.0. The first kappa shape index (κ1) is 21.8. The third-order valence-electron chi connectivity index (χ3n) is 4.69. The van der Waals surface area contributed by atoms with Crippen molar-refractivity contribution in [2.24, 2.45) is 0 Å². The maximum absolute atomic E-state index is 12.4. The van der Waals surface area contributed by atoms with Crippen molar-refractivity contribution in [1.29, 1.82) is 0 Å². The van der Waals surface area contributed by atoms with Gasteiger partial charge in [0.05, 0.1) is 47.0 Å². The first-order chi connectivity index (χ1) is 14.2. The van der Waals surface area contributed by atoms with Crippen molar-refractivity contribution < 1.29 is 9.72 Å². The number of amides is 1. The predicted molar refractivity (Wildman–Crippen MR) is 114 cm³/mol. The van der Waals surface area contributed by atoms with Gasteiger partial charge in [-0.15, -0.1) is 0 Å². The van der Waals surface area contributed by atoms with E-state index in [-0.39, 0.29) is 24.7 Å². The maximum Gasteiger partial charge on any atom is 0.390 e. The van der Waals surface area contributed by atoms with Crippen molar-refractivity contribution in [2.45, 2.75) is 40.3 Å². The summed E-state index contributed by atoms with van der Waals surface area (Å²) in [5.74, 6) is -0.468. The molecular weight excluding hydrogens is 431 g/mol. The number of nitro groups is 1. The molecule has 0 aliphatic heterocycles. The van der Waals surface area contributed by atoms with Crippen LogP contribution in [0.2, 0.25) is 10.0 Å². The summed E-state index contributed by atoms with van der Waals surface area (Å²) in [6.45, 7) is 6.05. The Labute approximate surface area is 182 Å². The number of aromatic nitrogens is 4. The monoisotopic (exact) mass is 450 g/mol. The van der Waals surface area contributed by atoms with Crippen molar-refractivity contribution in [1.82, 2.24) is 19.6 Å². The van der Waals surface area contributed by atoms with Crippen LogP contribution in [0.1, 0.15) is 29.1 Å². The standard InChI is InChI=1S/C19H20Cl2N6O3/c1-11-8-17(27(29)30)24-25(11)7-6-18(28)22-19-12(2)23-26(13(19)3)10-14-4-5-15(20)9-16(14)21/h4-5,8-9H,6-7,10H2,1-3H3,(H,22,28). The maximum atomic E-state index is 12.4. The number of benzene rings is 1. The van der Waals surface area contributed by atoms with Gasteiger partial charge in [-0.1, -0.05) is 29.3 Å². The van der Waals surface area contributed by atoms with Crippen molar-refractivity contribution in [3.05, 3.63) is 67.1 Å². The second-order valence-corrected chi connectivity index (χ2v) is 7.71. The first-order valence-electron chi connectivity index (χ1n) is 9.12. The molecule has 0 aliphatic carbocycles. The summed E-state index contributed by atoms with van der Waals surface area (Å²) in [6.07, 6.45) is 0.118. The number of nitrogens with one attached hydrogen (secondary N) is 1. The zero-order valence-corrected chi connectivity index (χ0v) is 18.2. The molecule has 0 fully saturated rings. The van der Waals surface area contributed by atoms with E-state index < -0.39 is 4.92 Å². The normalized spacial score (nSPS) is 11.0. The van der Waals surface area contributed by atoms with E-state index in [0.717, 1.165) is 11.3 Å². The van der Waals surface area contributed by atoms with E-state index in [4.69, 9.17) is 23.2 Å². The SMILES string of the molecule is Cc1nn(Cc2ccc(Cl)cc2Cl)c(C)c1NC(=O)CCn1nc([N+](=O)[O-])cc1C. The lowest BCUT2D eigenvalue weighted by molar-refractivity contribution is -0.389. The van der Waals surface area contributed by atoms with Crippen molar-refractivity contribution in [2.75, 3.05) is 5.32 Å². The summed E-state index contributed by atoms with van der Waals surface area (Å²) >= 11 is 12.2. The van der Waals surface area contributed by atoms with Gasteiger partial charge in [-0.3, -0.25) is 9.48 Å². The zero-order valence-electron chi connectivity index (χ0n) is 16.6. The van der Waals surface area contributed by atoms with Crippen molar-refractivity contribution in [3.63, 3.8) is 0 Å². The number of aryl methyl sites for hydroxylation is 3. The van der Waals surface area contributed by atoms with Crippen LogP contribution in [-0.2, 0) is 17.9 Å². The van der Waals surface area contributed by atoms with E-state index >= 15 is 0 Å². The van der Waals surface area contributed by atoms with Gasteiger partial charge < -0.3 is 15.4 Å². The van der Waals surface area contributed by atoms with E-state index in [1.54, 1.807) is 23.7 Å². The van der Waals surface area contributed by atoms with Crippen LogP contribution in [-0.4, -0.2) is 30.4 Å². The molecular formula is C19H20Cl2N6O3. The van der Waals surface area contributed by atoms with Gasteiger partial charge in [0.2, 0.25) is 5.91 Å². The summed E-state index contributed by atoms with van der Waals surface area (Å²) in [5, 5.41) is 23.2. The lowest BCUT2D eigenvalue weighted by atomic mass is 10.2. The lowest BCUT2D eigenvalue weighted by Gasteiger charge is -2.09. The summed E-state index contributed by atoms with van der Waals surface area (Å²) in [5.41, 5.74) is 3.58. The molecule has 1 N–H and O–H groups in total. The molecule has 0 saturated carbocycles. The number of halogens is 2. The number of nitrogens with zero attached hydrogens (tertiary/aromatic N) is 5. The Morgan fingerprint density at radius 1 is 1.17 bits per heavy atom. The minimum absolute atomic E-state index is 0.118. The van der Waals surface area contributed by atoms with Gasteiger partial charge in [-0.05, 0) is 43.4 Å². The highest BCUT2D eigenvalue weighted by Gasteiger charge is 2.18. The van der Waals surface area contributed by atoms with Crippen LogP contribution in [0.3, 0.4) is 0 Å². The van der Waals surface area contributed by atoms with Gasteiger partial charge in [0.15, 0.2) is 0 Å². The van der Waals surface area contributed by atoms with Crippen LogP contribution in [0.15, 0.2) is 24.3 Å². The average Bonchev–Trinajstić information content (AvgIpc) is 3.17. The topological polar surface area (TPSA) is 108 Å². The summed E-state index contributed by atoms with van der Waals surface area (Å²) < 4.78 is 3.21. The molecule has 0 atom stereocenters. The molecule has 2 aromatic heterocycles. The Bertz CT molecular complexity index is 1120. The van der Waals surface area contributed by atoms with Gasteiger partial charge in [-0.2, -0.15) is 9.78 Å². The van der Waals surface area contributed by atoms with Crippen molar-refractivity contribution >= 4 is 40.6 Å². The van der Waals surface area contributed by atoms with Crippen molar-refractivity contribution in [3.8, 4) is 0 Å². The largest absolute Gasteiger partial charge is 0.390 e. The quantitative estimate of drug-likeness (QED) is 0.426. The van der Waals surface area contributed by atoms with Crippen LogP contribution in [0.25, 0.3) is 0 Å². The van der Waals surface area contributed by atoms with Gasteiger partial charge in [-0.25, -0.2) is 0 Å². The van der Waals surface area contributed by atoms with Gasteiger partial charge in [0, 0.05) is 16.5 Å². The summed E-state index contributed by atoms with van der Waals surface area (Å²) in [7, 11) is 0. The molecule has 11 heteroatoms. The predicted octanol–water partition coefficient (Wildman–Crippen LogP) is 4.30. The molecule has 1 amide bonds. The van der Waals surface area contributed by atoms with Gasteiger partial charge in [0.1, 0.15) is 0 Å². The summed E-state index contributed by atoms with van der Waals surface area (Å²) in [4.78, 5) is 22.7. The number of carbonyl (C=O) groups is 1. The van der Waals surface area contributed by atoms with E-state index in [2.05, 4.69) is 15.5 Å². The molecule has 158 valence electrons. The number of hydrogen-bond acceptors (Lipinski definition) is 5. The van der Waals surface area contributed by atoms with Crippen LogP contribution >= 0.6 is 23.2 Å². The molecule has 3 aromatic rings. The Morgan fingerprint density at radius 2 is 1.90 bits per heavy atom. The molecule has 0 unspecified atom stereocenters. The molecule has 30 heavy (non-hydrogen) atoms. The fourth-order valence-corrected chi connectivity index (χ4v) is 3.53. The smallest absolute Gasteiger partial charge is 0.358 e. The molecule has 1 aromatic carbocycles. The van der Waals surface area contributed by atoms with E-state index in [1.165, 1.54) is 10.7 Å². The van der Waals surface area contributed by atoms with Gasteiger partial charge >= 0.3 is 5.82 Å². The molecule has 0 aliphatic rings. The fraction of sp³-hybridized carbons (Fsp3) is 0.316. The Morgan fingerprint density at radius 3 is 2.53 bits per heavy atom. The highest BCUT2D eigenvalue weighted by atomic mass is 35.5. The van der Waals surface area contributed by atoms with Crippen LogP contribution in [0, 0.1) is 30.9 Å². The number of carbonyl (C=O) groups excluding carboxylic acids is 1. The lowest BCUT2D eigenvalue weighted by Crippen LogP contribution is -2.16. The molecule has 2 heterocycles. The summed E-state index contributed by atoms with van der Waals surface area (Å²) in [6, 6.07) is 6.65. The van der Waals surface area contributed by atoms with Crippen LogP contribution in [0.5, 0.6) is 0 Å². The fourth-order valence-electron chi connectivity index (χ4n) is 3.06. The molecule has 0 saturated heterocycles. The highest BCUT2D eigenvalue weighted by Crippen LogP contribution is 2.25. The average molecular weight is 451 g/mol. The number of hydrogen-bond donors (Lipinski definition) is 1. The second kappa shape index (κ2) is 8.85. The Hall–Kier alpha value is -2.91. The third kappa shape index (κ3) is 4.80. The molecule has 3 rings (SSSR count). The number of rotatable bonds is 7. The van der Waals surface area contributed by atoms with E-state index in [0.29, 0.717) is 33.7 Å². The molecule has 9 nitrogen and oxygen atoms in total. The first-order valence-corrected chi connectivity index (χ1v) is 9.88. The van der Waals surface area contributed by atoms with Gasteiger partial charge in [0.25, 0.3) is 0 Å². The molecule has 0 bridgehead atoms. The Balaban J connectivity index is 1.68. The minimum atomic E-state index is -0.558. The van der Waals surface area contributed by atoms with E-state index in [1.807, 2.05) is 19.9 Å². The minimum Gasteiger partial charge on any atom is -0.358 e. The molecule has 0 spiro atoms. The Kier molecular flexibility index (Phi) is 6.42. The van der Waals surface area contributed by atoms with Crippen LogP contribution in [0.4, 0.5) is 11.5 Å². The number of anilines is 1. The second-order valence-electron chi connectivity index (χ2n) is 6.86. The van der Waals surface area contributed by atoms with Crippen LogP contribution < -0.4 is 5.32 Å². The third-order valence-corrected chi connectivity index (χ3v) is 5.27. The highest BCUT2D eigenvalue weighted by molar-refractivity contribution is 6.35.